The Morgan fingerprint density at radius 1 is 1.02 bits per heavy atom. The fraction of sp³-hybridized carbons (Fsp3) is 0.296. The predicted octanol–water partition coefficient (Wildman–Crippen LogP) is 3.55. The summed E-state index contributed by atoms with van der Waals surface area (Å²) >= 11 is 1.35. The number of methoxy groups -OCH3 is 2. The summed E-state index contributed by atoms with van der Waals surface area (Å²) in [5, 5.41) is 0.481. The van der Waals surface area contributed by atoms with Gasteiger partial charge in [-0.1, -0.05) is 17.4 Å². The van der Waals surface area contributed by atoms with Crippen molar-refractivity contribution in [2.75, 3.05) is 52.2 Å². The number of amides is 1. The number of nitrogens with zero attached hydrogens (tertiary/aromatic N) is 4. The molecule has 0 radical (unpaired) electrons. The largest absolute Gasteiger partial charge is 0.454 e. The molecule has 0 unspecified atom stereocenters. The normalized spacial score (nSPS) is 12.8. The van der Waals surface area contributed by atoms with Crippen molar-refractivity contribution in [3.8, 4) is 11.5 Å². The molecule has 2 aromatic heterocycles. The maximum Gasteiger partial charge on any atom is 0.260 e. The Morgan fingerprint density at radius 3 is 2.38 bits per heavy atom. The molecule has 0 atom stereocenters. The molecule has 0 saturated heterocycles. The van der Waals surface area contributed by atoms with Gasteiger partial charge in [0.1, 0.15) is 0 Å². The van der Waals surface area contributed by atoms with E-state index in [9.17, 15) is 13.2 Å². The number of benzene rings is 2. The van der Waals surface area contributed by atoms with Crippen molar-refractivity contribution < 1.29 is 32.2 Å². The fourth-order valence-corrected chi connectivity index (χ4v) is 6.52. The summed E-state index contributed by atoms with van der Waals surface area (Å²) in [5.41, 5.74) is 1.81. The van der Waals surface area contributed by atoms with Gasteiger partial charge in [-0.2, -0.15) is 4.31 Å². The Balaban J connectivity index is 1.45. The molecule has 0 aliphatic carbocycles. The summed E-state index contributed by atoms with van der Waals surface area (Å²) in [4.78, 5) is 24.3. The molecule has 0 saturated carbocycles. The molecule has 1 aliphatic heterocycles. The van der Waals surface area contributed by atoms with E-state index in [2.05, 4.69) is 4.98 Å². The number of ether oxygens (including phenoxy) is 4. The Labute approximate surface area is 235 Å². The first kappa shape index (κ1) is 27.9. The van der Waals surface area contributed by atoms with E-state index < -0.39 is 10.0 Å². The zero-order chi connectivity index (χ0) is 28.1. The van der Waals surface area contributed by atoms with Gasteiger partial charge in [0.05, 0.1) is 34.9 Å². The molecule has 5 rings (SSSR count). The van der Waals surface area contributed by atoms with Gasteiger partial charge in [0.2, 0.25) is 16.8 Å². The van der Waals surface area contributed by atoms with Gasteiger partial charge in [0.25, 0.3) is 5.91 Å². The van der Waals surface area contributed by atoms with E-state index in [-0.39, 0.29) is 50.4 Å². The zero-order valence-corrected chi connectivity index (χ0v) is 23.6. The summed E-state index contributed by atoms with van der Waals surface area (Å²) < 4.78 is 49.8. The van der Waals surface area contributed by atoms with Crippen LogP contribution in [0.15, 0.2) is 65.8 Å². The van der Waals surface area contributed by atoms with Crippen LogP contribution in [0.2, 0.25) is 0 Å². The van der Waals surface area contributed by atoms with Gasteiger partial charge < -0.3 is 18.9 Å². The molecule has 1 aliphatic rings. The molecule has 40 heavy (non-hydrogen) atoms. The second kappa shape index (κ2) is 12.3. The zero-order valence-electron chi connectivity index (χ0n) is 22.0. The number of anilines is 1. The number of fused-ring (bicyclic) bond motifs is 2. The topological polar surface area (TPSA) is 120 Å². The van der Waals surface area contributed by atoms with Crippen molar-refractivity contribution in [1.29, 1.82) is 0 Å². The van der Waals surface area contributed by atoms with Gasteiger partial charge in [-0.3, -0.25) is 14.7 Å². The lowest BCUT2D eigenvalue weighted by atomic mass is 10.2. The van der Waals surface area contributed by atoms with E-state index in [1.165, 1.54) is 54.1 Å². The third-order valence-corrected chi connectivity index (χ3v) is 9.19. The lowest BCUT2D eigenvalue weighted by molar-refractivity contribution is 0.0985. The molecule has 0 fully saturated rings. The molecule has 0 N–H and O–H groups in total. The Morgan fingerprint density at radius 2 is 1.73 bits per heavy atom. The lowest BCUT2D eigenvalue weighted by Gasteiger charge is -2.22. The Kier molecular flexibility index (Phi) is 8.57. The molecule has 11 nitrogen and oxygen atoms in total. The van der Waals surface area contributed by atoms with Crippen LogP contribution in [0, 0.1) is 0 Å². The SMILES string of the molecule is COCCN(CCOC)S(=O)(=O)c1ccc(C(=O)N(Cc2cccnc2)c2nc3cc4c(cc3s2)OCO4)cc1. The van der Waals surface area contributed by atoms with E-state index in [0.717, 1.165) is 10.3 Å². The molecule has 4 aromatic rings. The van der Waals surface area contributed by atoms with Crippen LogP contribution in [-0.2, 0) is 26.0 Å². The second-order valence-corrected chi connectivity index (χ2v) is 11.8. The van der Waals surface area contributed by atoms with E-state index in [1.807, 2.05) is 12.1 Å². The van der Waals surface area contributed by atoms with Crippen molar-refractivity contribution in [2.24, 2.45) is 0 Å². The summed E-state index contributed by atoms with van der Waals surface area (Å²) in [6, 6.07) is 13.2. The van der Waals surface area contributed by atoms with E-state index in [1.54, 1.807) is 29.4 Å². The molecule has 2 aromatic carbocycles. The standard InChI is InChI=1S/C27H28N4O7S2/c1-35-12-10-30(11-13-36-2)40(33,34)21-7-5-20(6-8-21)26(32)31(17-19-4-3-9-28-16-19)27-29-22-14-23-24(38-18-37-23)15-25(22)39-27/h3-9,14-16H,10-13,17-18H2,1-2H3. The minimum absolute atomic E-state index is 0.0737. The smallest absolute Gasteiger partial charge is 0.260 e. The molecule has 1 amide bonds. The third kappa shape index (κ3) is 5.93. The summed E-state index contributed by atoms with van der Waals surface area (Å²) in [6.07, 6.45) is 3.35. The van der Waals surface area contributed by atoms with Crippen LogP contribution >= 0.6 is 11.3 Å². The predicted molar refractivity (Wildman–Crippen MR) is 149 cm³/mol. The molecule has 0 spiro atoms. The molecule has 0 bridgehead atoms. The number of rotatable bonds is 12. The second-order valence-electron chi connectivity index (χ2n) is 8.84. The summed E-state index contributed by atoms with van der Waals surface area (Å²) in [5.74, 6) is 0.911. The summed E-state index contributed by atoms with van der Waals surface area (Å²) in [6.45, 7) is 1.23. The van der Waals surface area contributed by atoms with Gasteiger partial charge in [-0.15, -0.1) is 0 Å². The number of pyridine rings is 1. The van der Waals surface area contributed by atoms with Crippen molar-refractivity contribution in [3.05, 3.63) is 72.1 Å². The number of aromatic nitrogens is 2. The highest BCUT2D eigenvalue weighted by Gasteiger charge is 2.27. The van der Waals surface area contributed by atoms with Crippen LogP contribution in [-0.4, -0.2) is 75.9 Å². The number of carbonyl (C=O) groups excluding carboxylic acids is 1. The van der Waals surface area contributed by atoms with Gasteiger partial charge in [0.15, 0.2) is 16.6 Å². The average Bonchev–Trinajstić information content (AvgIpc) is 3.60. The van der Waals surface area contributed by atoms with Crippen LogP contribution in [0.4, 0.5) is 5.13 Å². The van der Waals surface area contributed by atoms with Gasteiger partial charge in [0, 0.05) is 57.4 Å². The first-order valence-corrected chi connectivity index (χ1v) is 14.7. The van der Waals surface area contributed by atoms with Crippen LogP contribution in [0.25, 0.3) is 10.2 Å². The fourth-order valence-electron chi connectivity index (χ4n) is 4.13. The minimum Gasteiger partial charge on any atom is -0.454 e. The lowest BCUT2D eigenvalue weighted by Crippen LogP contribution is -2.36. The average molecular weight is 585 g/mol. The number of hydrogen-bond donors (Lipinski definition) is 0. The van der Waals surface area contributed by atoms with E-state index >= 15 is 0 Å². The summed E-state index contributed by atoms with van der Waals surface area (Å²) in [7, 11) is -0.800. The monoisotopic (exact) mass is 584 g/mol. The quantitative estimate of drug-likeness (QED) is 0.246. The van der Waals surface area contributed by atoms with Crippen molar-refractivity contribution >= 4 is 42.6 Å². The highest BCUT2D eigenvalue weighted by atomic mass is 32.2. The number of thiazole rings is 1. The van der Waals surface area contributed by atoms with Crippen LogP contribution < -0.4 is 14.4 Å². The van der Waals surface area contributed by atoms with Gasteiger partial charge in [-0.25, -0.2) is 13.4 Å². The van der Waals surface area contributed by atoms with Gasteiger partial charge >= 0.3 is 0 Å². The Hall–Kier alpha value is -3.62. The Bertz CT molecular complexity index is 1530. The maximum atomic E-state index is 13.8. The van der Waals surface area contributed by atoms with Crippen LogP contribution in [0.1, 0.15) is 15.9 Å². The molecule has 210 valence electrons. The molecular weight excluding hydrogens is 556 g/mol. The van der Waals surface area contributed by atoms with Crippen LogP contribution in [0.3, 0.4) is 0 Å². The maximum absolute atomic E-state index is 13.8. The molecule has 13 heteroatoms. The third-order valence-electron chi connectivity index (χ3n) is 6.24. The van der Waals surface area contributed by atoms with Crippen molar-refractivity contribution in [1.82, 2.24) is 14.3 Å². The highest BCUT2D eigenvalue weighted by Crippen LogP contribution is 2.40. The van der Waals surface area contributed by atoms with Crippen molar-refractivity contribution in [3.63, 3.8) is 0 Å². The highest BCUT2D eigenvalue weighted by molar-refractivity contribution is 7.89. The van der Waals surface area contributed by atoms with Gasteiger partial charge in [-0.05, 0) is 35.9 Å². The van der Waals surface area contributed by atoms with E-state index in [4.69, 9.17) is 23.9 Å². The van der Waals surface area contributed by atoms with E-state index in [0.29, 0.717) is 27.7 Å². The number of hydrogen-bond acceptors (Lipinski definition) is 10. The molecular formula is C27H28N4O7S2. The van der Waals surface area contributed by atoms with Crippen molar-refractivity contribution in [2.45, 2.75) is 11.4 Å². The molecule has 3 heterocycles. The van der Waals surface area contributed by atoms with Crippen LogP contribution in [0.5, 0.6) is 11.5 Å². The first-order valence-electron chi connectivity index (χ1n) is 12.4. The minimum atomic E-state index is -3.83. The number of sulfonamides is 1. The first-order chi connectivity index (χ1) is 19.4. The number of carbonyl (C=O) groups is 1.